The first kappa shape index (κ1) is 11.5. The summed E-state index contributed by atoms with van der Waals surface area (Å²) >= 11 is 11.7. The Hall–Kier alpha value is -0.530. The van der Waals surface area contributed by atoms with Crippen LogP contribution in [0.2, 0.25) is 5.02 Å². The van der Waals surface area contributed by atoms with Gasteiger partial charge in [0.05, 0.1) is 5.38 Å². The van der Waals surface area contributed by atoms with Crippen LogP contribution in [0.4, 0.5) is 0 Å². The molecule has 0 aliphatic carbocycles. The number of benzene rings is 1. The molecule has 3 heteroatoms. The number of hydrogen-bond donors (Lipinski definition) is 0. The zero-order chi connectivity index (χ0) is 10.7. The number of ketones is 1. The number of carbonyl (C=O) groups excluding carboxylic acids is 1. The third kappa shape index (κ3) is 2.49. The van der Waals surface area contributed by atoms with Gasteiger partial charge < -0.3 is 0 Å². The van der Waals surface area contributed by atoms with E-state index in [1.165, 1.54) is 0 Å². The predicted molar refractivity (Wildman–Crippen MR) is 60.5 cm³/mol. The minimum Gasteiger partial charge on any atom is -0.293 e. The van der Waals surface area contributed by atoms with Gasteiger partial charge in [-0.05, 0) is 37.1 Å². The first-order chi connectivity index (χ1) is 6.56. The van der Waals surface area contributed by atoms with E-state index in [2.05, 4.69) is 0 Å². The lowest BCUT2D eigenvalue weighted by molar-refractivity contribution is 0.0985. The molecule has 0 saturated carbocycles. The second-order valence-electron chi connectivity index (χ2n) is 3.20. The van der Waals surface area contributed by atoms with Crippen molar-refractivity contribution in [3.63, 3.8) is 0 Å². The van der Waals surface area contributed by atoms with Crippen LogP contribution in [0, 0.1) is 6.92 Å². The van der Waals surface area contributed by atoms with Gasteiger partial charge in [-0.3, -0.25) is 4.79 Å². The second-order valence-corrected chi connectivity index (χ2v) is 4.14. The quantitative estimate of drug-likeness (QED) is 0.570. The highest BCUT2D eigenvalue weighted by Gasteiger charge is 2.15. The van der Waals surface area contributed by atoms with Crippen LogP contribution >= 0.6 is 23.2 Å². The van der Waals surface area contributed by atoms with E-state index in [4.69, 9.17) is 23.2 Å². The first-order valence-corrected chi connectivity index (χ1v) is 5.32. The number of halogens is 2. The molecule has 0 saturated heterocycles. The smallest absolute Gasteiger partial charge is 0.180 e. The summed E-state index contributed by atoms with van der Waals surface area (Å²) in [5.74, 6) is -0.0334. The number of Topliss-reactive ketones (excluding diaryl/α,β-unsaturated/α-hetero) is 1. The molecule has 1 atom stereocenters. The summed E-state index contributed by atoms with van der Waals surface area (Å²) in [6.45, 7) is 3.76. The average Bonchev–Trinajstić information content (AvgIpc) is 2.20. The van der Waals surface area contributed by atoms with Gasteiger partial charge in [0, 0.05) is 10.6 Å². The molecule has 1 aromatic rings. The van der Waals surface area contributed by atoms with Gasteiger partial charge in [0.25, 0.3) is 0 Å². The monoisotopic (exact) mass is 230 g/mol. The molecule has 0 heterocycles. The standard InChI is InChI=1S/C11H12Cl2O/c1-3-9(12)11(14)8-4-5-10(13)7(2)6-8/h4-6,9H,3H2,1-2H3. The van der Waals surface area contributed by atoms with Crippen molar-refractivity contribution in [1.82, 2.24) is 0 Å². The summed E-state index contributed by atoms with van der Waals surface area (Å²) in [5, 5.41) is 0.236. The van der Waals surface area contributed by atoms with Gasteiger partial charge in [0.2, 0.25) is 0 Å². The van der Waals surface area contributed by atoms with Crippen LogP contribution < -0.4 is 0 Å². The van der Waals surface area contributed by atoms with Gasteiger partial charge in [-0.1, -0.05) is 18.5 Å². The molecule has 0 aliphatic heterocycles. The van der Waals surface area contributed by atoms with Crippen LogP contribution in [-0.4, -0.2) is 11.2 Å². The molecule has 0 radical (unpaired) electrons. The van der Waals surface area contributed by atoms with E-state index in [-0.39, 0.29) is 5.78 Å². The molecule has 0 spiro atoms. The van der Waals surface area contributed by atoms with E-state index in [0.29, 0.717) is 17.0 Å². The fraction of sp³-hybridized carbons (Fsp3) is 0.364. The summed E-state index contributed by atoms with van der Waals surface area (Å²) < 4.78 is 0. The Labute approximate surface area is 94.0 Å². The van der Waals surface area contributed by atoms with Crippen LogP contribution in [0.25, 0.3) is 0 Å². The van der Waals surface area contributed by atoms with Crippen molar-refractivity contribution in [3.8, 4) is 0 Å². The van der Waals surface area contributed by atoms with Gasteiger partial charge in [-0.2, -0.15) is 0 Å². The summed E-state index contributed by atoms with van der Waals surface area (Å²) in [5.41, 5.74) is 1.53. The van der Waals surface area contributed by atoms with Gasteiger partial charge >= 0.3 is 0 Å². The maximum atomic E-state index is 11.7. The van der Waals surface area contributed by atoms with Gasteiger partial charge in [0.15, 0.2) is 5.78 Å². The molecule has 1 nitrogen and oxygen atoms in total. The Morgan fingerprint density at radius 1 is 1.50 bits per heavy atom. The maximum Gasteiger partial charge on any atom is 0.180 e. The summed E-state index contributed by atoms with van der Waals surface area (Å²) in [6.07, 6.45) is 0.641. The van der Waals surface area contributed by atoms with Gasteiger partial charge in [-0.15, -0.1) is 11.6 Å². The van der Waals surface area contributed by atoms with E-state index in [1.54, 1.807) is 18.2 Å². The van der Waals surface area contributed by atoms with E-state index < -0.39 is 5.38 Å². The van der Waals surface area contributed by atoms with Crippen LogP contribution in [0.1, 0.15) is 29.3 Å². The van der Waals surface area contributed by atoms with Crippen molar-refractivity contribution in [3.05, 3.63) is 34.3 Å². The molecule has 1 unspecified atom stereocenters. The molecule has 14 heavy (non-hydrogen) atoms. The minimum atomic E-state index is -0.435. The summed E-state index contributed by atoms with van der Waals surface area (Å²) in [7, 11) is 0. The zero-order valence-corrected chi connectivity index (χ0v) is 9.69. The van der Waals surface area contributed by atoms with Crippen molar-refractivity contribution in [2.24, 2.45) is 0 Å². The third-order valence-corrected chi connectivity index (χ3v) is 3.02. The molecule has 76 valence electrons. The van der Waals surface area contributed by atoms with E-state index >= 15 is 0 Å². The normalized spacial score (nSPS) is 12.6. The molecule has 0 aromatic heterocycles. The Bertz CT molecular complexity index is 347. The molecule has 1 aromatic carbocycles. The minimum absolute atomic E-state index is 0.0334. The van der Waals surface area contributed by atoms with Gasteiger partial charge in [0.1, 0.15) is 0 Å². The molecular weight excluding hydrogens is 219 g/mol. The van der Waals surface area contributed by atoms with Crippen molar-refractivity contribution in [1.29, 1.82) is 0 Å². The molecule has 0 amide bonds. The van der Waals surface area contributed by atoms with Crippen molar-refractivity contribution in [2.45, 2.75) is 25.6 Å². The van der Waals surface area contributed by atoms with E-state index in [0.717, 1.165) is 5.56 Å². The molecular formula is C11H12Cl2O. The topological polar surface area (TPSA) is 17.1 Å². The largest absolute Gasteiger partial charge is 0.293 e. The van der Waals surface area contributed by atoms with Crippen molar-refractivity contribution >= 4 is 29.0 Å². The second kappa shape index (κ2) is 4.81. The predicted octanol–water partition coefficient (Wildman–Crippen LogP) is 3.85. The zero-order valence-electron chi connectivity index (χ0n) is 8.18. The molecule has 0 bridgehead atoms. The average molecular weight is 231 g/mol. The van der Waals surface area contributed by atoms with Crippen LogP contribution in [0.3, 0.4) is 0 Å². The maximum absolute atomic E-state index is 11.7. The fourth-order valence-corrected chi connectivity index (χ4v) is 1.41. The molecule has 0 aliphatic rings. The number of hydrogen-bond acceptors (Lipinski definition) is 1. The van der Waals surface area contributed by atoms with Crippen molar-refractivity contribution in [2.75, 3.05) is 0 Å². The first-order valence-electron chi connectivity index (χ1n) is 4.50. The summed E-state index contributed by atoms with van der Waals surface area (Å²) in [6, 6.07) is 5.21. The fourth-order valence-electron chi connectivity index (χ4n) is 1.16. The van der Waals surface area contributed by atoms with Crippen LogP contribution in [0.5, 0.6) is 0 Å². The number of carbonyl (C=O) groups is 1. The van der Waals surface area contributed by atoms with E-state index in [1.807, 2.05) is 13.8 Å². The van der Waals surface area contributed by atoms with Crippen molar-refractivity contribution < 1.29 is 4.79 Å². The lowest BCUT2D eigenvalue weighted by Crippen LogP contribution is -2.13. The Kier molecular flexibility index (Phi) is 3.97. The highest BCUT2D eigenvalue weighted by atomic mass is 35.5. The Balaban J connectivity index is 2.97. The van der Waals surface area contributed by atoms with Crippen LogP contribution in [-0.2, 0) is 0 Å². The lowest BCUT2D eigenvalue weighted by Gasteiger charge is -2.06. The molecule has 0 N–H and O–H groups in total. The third-order valence-electron chi connectivity index (χ3n) is 2.09. The Morgan fingerprint density at radius 3 is 2.64 bits per heavy atom. The Morgan fingerprint density at radius 2 is 2.14 bits per heavy atom. The summed E-state index contributed by atoms with van der Waals surface area (Å²) in [4.78, 5) is 11.7. The highest BCUT2D eigenvalue weighted by molar-refractivity contribution is 6.34. The number of rotatable bonds is 3. The number of aryl methyl sites for hydroxylation is 1. The SMILES string of the molecule is CCC(Cl)C(=O)c1ccc(Cl)c(C)c1. The van der Waals surface area contributed by atoms with E-state index in [9.17, 15) is 4.79 Å². The van der Waals surface area contributed by atoms with Gasteiger partial charge in [-0.25, -0.2) is 0 Å². The number of alkyl halides is 1. The molecule has 0 fully saturated rings. The molecule has 1 rings (SSSR count). The van der Waals surface area contributed by atoms with Crippen LogP contribution in [0.15, 0.2) is 18.2 Å². The lowest BCUT2D eigenvalue weighted by atomic mass is 10.0. The highest BCUT2D eigenvalue weighted by Crippen LogP contribution is 2.19.